The second kappa shape index (κ2) is 6.48. The molecule has 4 heteroatoms. The van der Waals surface area contributed by atoms with Crippen molar-refractivity contribution in [1.29, 1.82) is 0 Å². The number of Topliss-reactive ketones (excluding diaryl/α,β-unsaturated/α-hetero) is 1. The van der Waals surface area contributed by atoms with Crippen molar-refractivity contribution in [3.63, 3.8) is 0 Å². The maximum atomic E-state index is 12.1. The van der Waals surface area contributed by atoms with Crippen LogP contribution in [0.3, 0.4) is 0 Å². The van der Waals surface area contributed by atoms with E-state index in [1.165, 1.54) is 0 Å². The topological polar surface area (TPSA) is 43.4 Å². The Morgan fingerprint density at radius 1 is 1.05 bits per heavy atom. The first kappa shape index (κ1) is 14.5. The average Bonchev–Trinajstić information content (AvgIpc) is 2.48. The highest BCUT2D eigenvalue weighted by atomic mass is 32.2. The van der Waals surface area contributed by atoms with Crippen LogP contribution in [-0.2, 0) is 10.8 Å². The quantitative estimate of drug-likeness (QED) is 0.794. The van der Waals surface area contributed by atoms with Crippen LogP contribution in [0.15, 0.2) is 53.4 Å². The largest absolute Gasteiger partial charge is 0.497 e. The number of ketones is 1. The minimum absolute atomic E-state index is 0.00457. The molecule has 0 aliphatic carbocycles. The number of carbonyl (C=O) groups is 1. The van der Waals surface area contributed by atoms with Crippen molar-refractivity contribution in [3.8, 4) is 5.75 Å². The van der Waals surface area contributed by atoms with Crippen LogP contribution in [0, 0.1) is 6.92 Å². The minimum Gasteiger partial charge on any atom is -0.497 e. The van der Waals surface area contributed by atoms with Crippen molar-refractivity contribution in [1.82, 2.24) is 0 Å². The van der Waals surface area contributed by atoms with Gasteiger partial charge in [0.05, 0.1) is 23.7 Å². The number of rotatable bonds is 5. The zero-order valence-corrected chi connectivity index (χ0v) is 12.3. The summed E-state index contributed by atoms with van der Waals surface area (Å²) in [5, 5.41) is 0. The molecule has 0 bridgehead atoms. The molecule has 0 aliphatic rings. The van der Waals surface area contributed by atoms with Gasteiger partial charge >= 0.3 is 0 Å². The highest BCUT2D eigenvalue weighted by Gasteiger charge is 2.12. The van der Waals surface area contributed by atoms with Crippen LogP contribution in [0.1, 0.15) is 15.9 Å². The van der Waals surface area contributed by atoms with Gasteiger partial charge in [-0.25, -0.2) is 0 Å². The second-order valence-corrected chi connectivity index (χ2v) is 5.91. The summed E-state index contributed by atoms with van der Waals surface area (Å²) in [5.41, 5.74) is 1.65. The van der Waals surface area contributed by atoms with Gasteiger partial charge in [0.1, 0.15) is 5.75 Å². The fraction of sp³-hybridized carbons (Fsp3) is 0.188. The Bertz CT molecular complexity index is 615. The molecule has 0 aliphatic heterocycles. The summed E-state index contributed by atoms with van der Waals surface area (Å²) in [7, 11) is 0.263. The maximum absolute atomic E-state index is 12.1. The lowest BCUT2D eigenvalue weighted by atomic mass is 10.1. The highest BCUT2D eigenvalue weighted by molar-refractivity contribution is 7.85. The average molecular weight is 288 g/mol. The first-order valence-electron chi connectivity index (χ1n) is 6.22. The van der Waals surface area contributed by atoms with Gasteiger partial charge in [0.15, 0.2) is 5.78 Å². The van der Waals surface area contributed by atoms with E-state index in [4.69, 9.17) is 4.74 Å². The predicted octanol–water partition coefficient (Wildman–Crippen LogP) is 2.99. The Morgan fingerprint density at radius 3 is 2.20 bits per heavy atom. The summed E-state index contributed by atoms with van der Waals surface area (Å²) >= 11 is 0. The molecular weight excluding hydrogens is 272 g/mol. The number of carbonyl (C=O) groups excluding carboxylic acids is 1. The van der Waals surface area contributed by atoms with Gasteiger partial charge in [-0.1, -0.05) is 17.7 Å². The van der Waals surface area contributed by atoms with Crippen molar-refractivity contribution >= 4 is 16.6 Å². The molecule has 3 nitrogen and oxygen atoms in total. The maximum Gasteiger partial charge on any atom is 0.175 e. The summed E-state index contributed by atoms with van der Waals surface area (Å²) in [5.74, 6) is 0.558. The number of aryl methyl sites for hydroxylation is 1. The van der Waals surface area contributed by atoms with Crippen molar-refractivity contribution < 1.29 is 13.7 Å². The Balaban J connectivity index is 2.06. The number of hydrogen-bond acceptors (Lipinski definition) is 3. The molecule has 0 N–H and O–H groups in total. The first-order chi connectivity index (χ1) is 9.60. The van der Waals surface area contributed by atoms with E-state index in [-0.39, 0.29) is 11.5 Å². The Labute approximate surface area is 121 Å². The fourth-order valence-electron chi connectivity index (χ4n) is 1.75. The standard InChI is InChI=1S/C16H16O3S/c1-12-3-9-15(10-4-12)20(18)11-16(17)13-5-7-14(19-2)8-6-13/h3-10H,11H2,1-2H3. The zero-order chi connectivity index (χ0) is 14.5. The van der Waals surface area contributed by atoms with Crippen molar-refractivity contribution in [2.24, 2.45) is 0 Å². The molecule has 2 aromatic rings. The lowest BCUT2D eigenvalue weighted by molar-refractivity contribution is 0.102. The van der Waals surface area contributed by atoms with Crippen LogP contribution in [-0.4, -0.2) is 22.9 Å². The van der Waals surface area contributed by atoms with Gasteiger partial charge in [0.25, 0.3) is 0 Å². The lowest BCUT2D eigenvalue weighted by Gasteiger charge is -2.04. The van der Waals surface area contributed by atoms with Crippen molar-refractivity contribution in [2.75, 3.05) is 12.9 Å². The van der Waals surface area contributed by atoms with E-state index >= 15 is 0 Å². The van der Waals surface area contributed by atoms with Gasteiger partial charge in [-0.05, 0) is 43.3 Å². The highest BCUT2D eigenvalue weighted by Crippen LogP contribution is 2.14. The van der Waals surface area contributed by atoms with Gasteiger partial charge in [0, 0.05) is 10.5 Å². The van der Waals surface area contributed by atoms with Gasteiger partial charge in [-0.3, -0.25) is 9.00 Å². The molecule has 20 heavy (non-hydrogen) atoms. The van der Waals surface area contributed by atoms with Crippen LogP contribution < -0.4 is 4.74 Å². The molecule has 2 aromatic carbocycles. The molecule has 2 rings (SSSR count). The van der Waals surface area contributed by atoms with E-state index in [0.29, 0.717) is 16.2 Å². The Kier molecular flexibility index (Phi) is 4.69. The third-order valence-electron chi connectivity index (χ3n) is 2.96. The Morgan fingerprint density at radius 2 is 1.65 bits per heavy atom. The molecule has 0 saturated carbocycles. The van der Waals surface area contributed by atoms with Gasteiger partial charge in [-0.15, -0.1) is 0 Å². The lowest BCUT2D eigenvalue weighted by Crippen LogP contribution is -2.11. The predicted molar refractivity (Wildman–Crippen MR) is 79.8 cm³/mol. The van der Waals surface area contributed by atoms with E-state index in [1.807, 2.05) is 19.1 Å². The minimum atomic E-state index is -1.31. The van der Waals surface area contributed by atoms with E-state index in [9.17, 15) is 9.00 Å². The molecule has 0 heterocycles. The number of methoxy groups -OCH3 is 1. The van der Waals surface area contributed by atoms with Crippen molar-refractivity contribution in [2.45, 2.75) is 11.8 Å². The molecule has 1 atom stereocenters. The van der Waals surface area contributed by atoms with Crippen LogP contribution in [0.25, 0.3) is 0 Å². The van der Waals surface area contributed by atoms with Crippen molar-refractivity contribution in [3.05, 3.63) is 59.7 Å². The molecule has 0 amide bonds. The number of ether oxygens (including phenoxy) is 1. The molecule has 0 spiro atoms. The Hall–Kier alpha value is -1.94. The third-order valence-corrected chi connectivity index (χ3v) is 4.28. The summed E-state index contributed by atoms with van der Waals surface area (Å²) in [4.78, 5) is 12.7. The smallest absolute Gasteiger partial charge is 0.175 e. The van der Waals surface area contributed by atoms with Crippen LogP contribution in [0.4, 0.5) is 0 Å². The van der Waals surface area contributed by atoms with E-state index in [2.05, 4.69) is 0 Å². The molecule has 0 radical (unpaired) electrons. The normalized spacial score (nSPS) is 11.9. The molecular formula is C16H16O3S. The molecule has 1 unspecified atom stereocenters. The molecule has 104 valence electrons. The monoisotopic (exact) mass is 288 g/mol. The molecule has 0 aromatic heterocycles. The van der Waals surface area contributed by atoms with Crippen LogP contribution >= 0.6 is 0 Å². The summed E-state index contributed by atoms with van der Waals surface area (Å²) in [6.45, 7) is 1.97. The van der Waals surface area contributed by atoms with Crippen LogP contribution in [0.2, 0.25) is 0 Å². The summed E-state index contributed by atoms with van der Waals surface area (Å²) in [6.07, 6.45) is 0. The number of hydrogen-bond donors (Lipinski definition) is 0. The summed E-state index contributed by atoms with van der Waals surface area (Å²) in [6, 6.07) is 14.2. The third kappa shape index (κ3) is 3.54. The summed E-state index contributed by atoms with van der Waals surface area (Å²) < 4.78 is 17.2. The SMILES string of the molecule is COc1ccc(C(=O)CS(=O)c2ccc(C)cc2)cc1. The molecule has 0 fully saturated rings. The first-order valence-corrected chi connectivity index (χ1v) is 7.54. The zero-order valence-electron chi connectivity index (χ0n) is 11.5. The van der Waals surface area contributed by atoms with Gasteiger partial charge < -0.3 is 4.74 Å². The van der Waals surface area contributed by atoms with Gasteiger partial charge in [-0.2, -0.15) is 0 Å². The van der Waals surface area contributed by atoms with E-state index < -0.39 is 10.8 Å². The van der Waals surface area contributed by atoms with E-state index in [1.54, 1.807) is 43.5 Å². The number of benzene rings is 2. The second-order valence-electron chi connectivity index (χ2n) is 4.45. The van der Waals surface area contributed by atoms with Gasteiger partial charge in [0.2, 0.25) is 0 Å². The van der Waals surface area contributed by atoms with Crippen LogP contribution in [0.5, 0.6) is 5.75 Å². The van der Waals surface area contributed by atoms with E-state index in [0.717, 1.165) is 5.56 Å². The molecule has 0 saturated heterocycles. The fourth-order valence-corrected chi connectivity index (χ4v) is 2.76.